The number of benzene rings is 1. The van der Waals surface area contributed by atoms with E-state index < -0.39 is 5.60 Å². The average molecular weight is 604 g/mol. The van der Waals surface area contributed by atoms with Gasteiger partial charge in [-0.3, -0.25) is 14.7 Å². The summed E-state index contributed by atoms with van der Waals surface area (Å²) in [5.41, 5.74) is 1.33. The second-order valence-electron chi connectivity index (χ2n) is 13.4. The molecule has 4 rings (SSSR count). The first-order valence-electron chi connectivity index (χ1n) is 14.6. The minimum absolute atomic E-state index is 0.0274. The number of aromatic nitrogens is 1. The Morgan fingerprint density at radius 3 is 2.27 bits per heavy atom. The zero-order chi connectivity index (χ0) is 29.9. The predicted molar refractivity (Wildman–Crippen MR) is 164 cm³/mol. The molecule has 2 saturated heterocycles. The Kier molecular flexibility index (Phi) is 9.93. The monoisotopic (exact) mass is 602 g/mol. The summed E-state index contributed by atoms with van der Waals surface area (Å²) < 4.78 is 5.53. The Labute approximate surface area is 255 Å². The molecule has 2 aliphatic rings. The lowest BCUT2D eigenvalue weighted by Crippen LogP contribution is -2.60. The molecule has 41 heavy (non-hydrogen) atoms. The summed E-state index contributed by atoms with van der Waals surface area (Å²) in [6.45, 7) is 15.6. The number of hydrogen-bond donors (Lipinski definition) is 0. The van der Waals surface area contributed by atoms with Gasteiger partial charge in [0.1, 0.15) is 5.60 Å². The minimum Gasteiger partial charge on any atom is -0.444 e. The van der Waals surface area contributed by atoms with Crippen molar-refractivity contribution in [2.24, 2.45) is 11.3 Å². The molecule has 0 aliphatic carbocycles. The highest BCUT2D eigenvalue weighted by atomic mass is 35.5. The molecule has 0 saturated carbocycles. The summed E-state index contributed by atoms with van der Waals surface area (Å²) in [4.78, 5) is 37.2. The van der Waals surface area contributed by atoms with Crippen LogP contribution in [0.25, 0.3) is 0 Å². The van der Waals surface area contributed by atoms with Crippen LogP contribution in [0.3, 0.4) is 0 Å². The Bertz CT molecular complexity index is 1200. The van der Waals surface area contributed by atoms with Gasteiger partial charge in [-0.2, -0.15) is 0 Å². The van der Waals surface area contributed by atoms with Gasteiger partial charge in [0.15, 0.2) is 0 Å². The van der Waals surface area contributed by atoms with Crippen LogP contribution in [0, 0.1) is 11.3 Å². The zero-order valence-electron chi connectivity index (χ0n) is 25.2. The van der Waals surface area contributed by atoms with Gasteiger partial charge in [-0.05, 0) is 74.8 Å². The van der Waals surface area contributed by atoms with E-state index in [0.717, 1.165) is 30.6 Å². The first-order chi connectivity index (χ1) is 19.2. The fourth-order valence-corrected chi connectivity index (χ4v) is 6.18. The highest BCUT2D eigenvalue weighted by Crippen LogP contribution is 2.37. The molecule has 224 valence electrons. The molecule has 1 aromatic heterocycles. The lowest BCUT2D eigenvalue weighted by molar-refractivity contribution is -0.141. The molecule has 7 nitrogen and oxygen atoms in total. The van der Waals surface area contributed by atoms with Crippen LogP contribution in [0.5, 0.6) is 0 Å². The lowest BCUT2D eigenvalue weighted by Gasteiger charge is -2.49. The summed E-state index contributed by atoms with van der Waals surface area (Å²) in [6.07, 6.45) is 3.67. The van der Waals surface area contributed by atoms with Crippen molar-refractivity contribution in [2.75, 3.05) is 32.7 Å². The van der Waals surface area contributed by atoms with Crippen molar-refractivity contribution in [1.82, 2.24) is 19.7 Å². The van der Waals surface area contributed by atoms with Crippen LogP contribution in [0.4, 0.5) is 4.79 Å². The third-order valence-corrected chi connectivity index (χ3v) is 8.79. The van der Waals surface area contributed by atoms with E-state index in [2.05, 4.69) is 30.6 Å². The molecular weight excluding hydrogens is 559 g/mol. The third-order valence-electron chi connectivity index (χ3n) is 8.05. The summed E-state index contributed by atoms with van der Waals surface area (Å²) in [7, 11) is 0. The van der Waals surface area contributed by atoms with Crippen molar-refractivity contribution in [2.45, 2.75) is 78.5 Å². The molecule has 0 bridgehead atoms. The second-order valence-corrected chi connectivity index (χ2v) is 14.2. The van der Waals surface area contributed by atoms with Crippen LogP contribution in [-0.4, -0.2) is 76.1 Å². The van der Waals surface area contributed by atoms with E-state index in [1.165, 1.54) is 0 Å². The number of rotatable bonds is 5. The molecule has 2 aromatic rings. The zero-order valence-corrected chi connectivity index (χ0v) is 26.7. The summed E-state index contributed by atoms with van der Waals surface area (Å²) >= 11 is 12.7. The van der Waals surface area contributed by atoms with Crippen molar-refractivity contribution in [3.63, 3.8) is 0 Å². The van der Waals surface area contributed by atoms with E-state index in [1.54, 1.807) is 4.90 Å². The van der Waals surface area contributed by atoms with Crippen LogP contribution in [0.15, 0.2) is 42.6 Å². The molecule has 2 aliphatic heterocycles. The number of hydrogen-bond acceptors (Lipinski definition) is 5. The van der Waals surface area contributed by atoms with Crippen LogP contribution in [0.2, 0.25) is 10.0 Å². The van der Waals surface area contributed by atoms with Crippen molar-refractivity contribution in [1.29, 1.82) is 0 Å². The number of piperazine rings is 1. The van der Waals surface area contributed by atoms with Gasteiger partial charge in [0.2, 0.25) is 5.91 Å². The average Bonchev–Trinajstić information content (AvgIpc) is 2.90. The van der Waals surface area contributed by atoms with Crippen molar-refractivity contribution < 1.29 is 14.3 Å². The number of nitrogens with zero attached hydrogens (tertiary/aromatic N) is 4. The number of pyridine rings is 1. The van der Waals surface area contributed by atoms with E-state index in [4.69, 9.17) is 32.9 Å². The van der Waals surface area contributed by atoms with Gasteiger partial charge in [-0.25, -0.2) is 4.79 Å². The van der Waals surface area contributed by atoms with Crippen LogP contribution in [-0.2, 0) is 9.53 Å². The molecule has 3 heterocycles. The van der Waals surface area contributed by atoms with E-state index in [9.17, 15) is 9.59 Å². The fraction of sp³-hybridized carbons (Fsp3) is 0.594. The summed E-state index contributed by atoms with van der Waals surface area (Å²) in [6, 6.07) is 11.7. The lowest BCUT2D eigenvalue weighted by atomic mass is 9.82. The summed E-state index contributed by atoms with van der Waals surface area (Å²) in [5, 5.41) is 1.04. The van der Waals surface area contributed by atoms with Crippen molar-refractivity contribution in [3.05, 3.63) is 63.9 Å². The number of amides is 2. The quantitative estimate of drug-likeness (QED) is 0.366. The smallest absolute Gasteiger partial charge is 0.410 e. The Morgan fingerprint density at radius 1 is 0.976 bits per heavy atom. The number of likely N-dealkylation sites (tertiary alicyclic amines) is 1. The highest BCUT2D eigenvalue weighted by Gasteiger charge is 2.41. The number of ether oxygens (including phenoxy) is 1. The minimum atomic E-state index is -0.511. The Hall–Kier alpha value is -2.35. The second kappa shape index (κ2) is 12.9. The van der Waals surface area contributed by atoms with Gasteiger partial charge in [0.05, 0.1) is 21.8 Å². The number of piperidine rings is 1. The third kappa shape index (κ3) is 8.14. The van der Waals surface area contributed by atoms with Gasteiger partial charge in [0.25, 0.3) is 0 Å². The van der Waals surface area contributed by atoms with Crippen LogP contribution < -0.4 is 0 Å². The first kappa shape index (κ1) is 31.6. The van der Waals surface area contributed by atoms with Crippen molar-refractivity contribution in [3.8, 4) is 0 Å². The van der Waals surface area contributed by atoms with Gasteiger partial charge in [-0.1, -0.05) is 56.1 Å². The van der Waals surface area contributed by atoms with Crippen LogP contribution >= 0.6 is 23.2 Å². The largest absolute Gasteiger partial charge is 0.444 e. The molecule has 1 aromatic carbocycles. The number of halogens is 2. The molecule has 9 heteroatoms. The maximum atomic E-state index is 13.8. The SMILES string of the molecule is CC(C)(C)OC(=O)N1CCC(CC(=O)N2CCN(C(c3ccc(Cl)c(Cl)c3)c3ccccn3)C[C@@H]2C(C)(C)C)CC1. The van der Waals surface area contributed by atoms with Gasteiger partial charge in [0, 0.05) is 51.4 Å². The topological polar surface area (TPSA) is 66.0 Å². The van der Waals surface area contributed by atoms with E-state index in [-0.39, 0.29) is 35.4 Å². The first-order valence-corrected chi connectivity index (χ1v) is 15.4. The van der Waals surface area contributed by atoms with Gasteiger partial charge >= 0.3 is 6.09 Å². The van der Waals surface area contributed by atoms with Crippen LogP contribution in [0.1, 0.15) is 78.1 Å². The molecular formula is C32H44Cl2N4O3. The molecule has 1 unspecified atom stereocenters. The maximum absolute atomic E-state index is 13.8. The molecule has 0 N–H and O–H groups in total. The fourth-order valence-electron chi connectivity index (χ4n) is 5.88. The Morgan fingerprint density at radius 2 is 1.68 bits per heavy atom. The Balaban J connectivity index is 1.46. The standard InChI is InChI=1S/C32H44Cl2N4O3/c1-31(2,3)27-21-37(29(26-9-7-8-14-35-26)23-10-11-24(33)25(34)20-23)17-18-38(27)28(39)19-22-12-15-36(16-13-22)30(40)41-32(4,5)6/h7-11,14,20,22,27,29H,12-13,15-19,21H2,1-6H3/t27-,29?/m1/s1. The van der Waals surface area contributed by atoms with Gasteiger partial charge in [-0.15, -0.1) is 0 Å². The highest BCUT2D eigenvalue weighted by molar-refractivity contribution is 6.42. The van der Waals surface area contributed by atoms with E-state index >= 15 is 0 Å². The maximum Gasteiger partial charge on any atom is 0.410 e. The molecule has 2 fully saturated rings. The van der Waals surface area contributed by atoms with E-state index in [0.29, 0.717) is 42.6 Å². The van der Waals surface area contributed by atoms with Gasteiger partial charge < -0.3 is 14.5 Å². The number of carbonyl (C=O) groups excluding carboxylic acids is 2. The summed E-state index contributed by atoms with van der Waals surface area (Å²) in [5.74, 6) is 0.460. The van der Waals surface area contributed by atoms with Crippen molar-refractivity contribution >= 4 is 35.2 Å². The number of carbonyl (C=O) groups is 2. The molecule has 0 spiro atoms. The molecule has 2 amide bonds. The predicted octanol–water partition coefficient (Wildman–Crippen LogP) is 7.07. The van der Waals surface area contributed by atoms with E-state index in [1.807, 2.05) is 63.4 Å². The normalized spacial score (nSPS) is 20.1. The molecule has 2 atom stereocenters. The molecule has 0 radical (unpaired) electrons.